The Hall–Kier alpha value is -3.24. The summed E-state index contributed by atoms with van der Waals surface area (Å²) in [4.78, 5) is 10.9. The fraction of sp³-hybridized carbons (Fsp3) is 0.235. The van der Waals surface area contributed by atoms with Crippen LogP contribution >= 0.6 is 0 Å². The van der Waals surface area contributed by atoms with Crippen LogP contribution < -0.4 is 5.32 Å². The van der Waals surface area contributed by atoms with Crippen molar-refractivity contribution in [3.8, 4) is 11.1 Å². The summed E-state index contributed by atoms with van der Waals surface area (Å²) in [6, 6.07) is 3.48. The average Bonchev–Trinajstić information content (AvgIpc) is 3.22. The van der Waals surface area contributed by atoms with E-state index in [1.165, 1.54) is 16.9 Å². The molecule has 0 saturated carbocycles. The lowest BCUT2D eigenvalue weighted by atomic mass is 10.1. The Morgan fingerprint density at radius 3 is 2.79 bits per heavy atom. The molecular weight excluding hydrogens is 383 g/mol. The Bertz CT molecular complexity index is 1130. The third kappa shape index (κ3) is 3.59. The first kappa shape index (κ1) is 18.1. The second-order valence-corrected chi connectivity index (χ2v) is 6.14. The first-order valence-electron chi connectivity index (χ1n) is 8.20. The third-order valence-electron chi connectivity index (χ3n) is 4.17. The lowest BCUT2D eigenvalue weighted by molar-refractivity contribution is -0.115. The highest BCUT2D eigenvalue weighted by molar-refractivity contribution is 5.94. The highest BCUT2D eigenvalue weighted by Gasteiger charge is 2.27. The van der Waals surface area contributed by atoms with Crippen molar-refractivity contribution in [2.45, 2.75) is 19.0 Å². The van der Waals surface area contributed by atoms with E-state index in [0.29, 0.717) is 27.7 Å². The Morgan fingerprint density at radius 1 is 1.21 bits per heavy atom. The molecule has 146 valence electrons. The molecule has 0 atom stereocenters. The topological polar surface area (TPSA) is 70.9 Å². The van der Waals surface area contributed by atoms with Gasteiger partial charge in [0.05, 0.1) is 11.7 Å². The van der Waals surface area contributed by atoms with Gasteiger partial charge in [0.1, 0.15) is 12.2 Å². The number of nitrogens with zero attached hydrogens (tertiary/aromatic N) is 4. The Kier molecular flexibility index (Phi) is 4.36. The molecule has 0 spiro atoms. The fourth-order valence-electron chi connectivity index (χ4n) is 2.93. The molecule has 0 aliphatic heterocycles. The van der Waals surface area contributed by atoms with Crippen LogP contribution in [0.3, 0.4) is 0 Å². The molecule has 0 fully saturated rings. The number of pyridine rings is 1. The minimum Gasteiger partial charge on any atom is -0.345 e. The van der Waals surface area contributed by atoms with Crippen molar-refractivity contribution in [2.75, 3.05) is 11.9 Å². The summed E-state index contributed by atoms with van der Waals surface area (Å²) < 4.78 is 63.9. The second kappa shape index (κ2) is 6.73. The molecule has 0 aliphatic rings. The third-order valence-corrected chi connectivity index (χ3v) is 4.17. The summed E-state index contributed by atoms with van der Waals surface area (Å²) in [7, 11) is 0. The van der Waals surface area contributed by atoms with E-state index in [9.17, 15) is 22.0 Å². The van der Waals surface area contributed by atoms with E-state index in [1.54, 1.807) is 24.5 Å². The zero-order valence-corrected chi connectivity index (χ0v) is 14.1. The van der Waals surface area contributed by atoms with E-state index in [2.05, 4.69) is 25.4 Å². The van der Waals surface area contributed by atoms with Crippen LogP contribution in [-0.4, -0.2) is 43.7 Å². The minimum atomic E-state index is -4.38. The second-order valence-electron chi connectivity index (χ2n) is 6.14. The van der Waals surface area contributed by atoms with E-state index in [4.69, 9.17) is 0 Å². The normalized spacial score (nSPS) is 12.4. The van der Waals surface area contributed by atoms with Crippen molar-refractivity contribution in [3.63, 3.8) is 0 Å². The average molecular weight is 396 g/mol. The van der Waals surface area contributed by atoms with Crippen molar-refractivity contribution in [2.24, 2.45) is 0 Å². The van der Waals surface area contributed by atoms with Crippen LogP contribution in [0.1, 0.15) is 5.56 Å². The largest absolute Gasteiger partial charge is 0.405 e. The molecule has 4 aromatic heterocycles. The molecule has 4 rings (SSSR count). The van der Waals surface area contributed by atoms with Gasteiger partial charge >= 0.3 is 6.18 Å². The van der Waals surface area contributed by atoms with Crippen LogP contribution in [0.15, 0.2) is 36.9 Å². The summed E-state index contributed by atoms with van der Waals surface area (Å²) >= 11 is 0. The number of anilines is 1. The number of aromatic nitrogens is 5. The van der Waals surface area contributed by atoms with Gasteiger partial charge in [-0.05, 0) is 17.7 Å². The van der Waals surface area contributed by atoms with Crippen molar-refractivity contribution in [3.05, 3.63) is 42.5 Å². The molecule has 0 aromatic carbocycles. The van der Waals surface area contributed by atoms with Crippen molar-refractivity contribution < 1.29 is 22.0 Å². The lowest BCUT2D eigenvalue weighted by Gasteiger charge is -2.07. The number of alkyl halides is 5. The smallest absolute Gasteiger partial charge is 0.345 e. The Morgan fingerprint density at radius 2 is 2.04 bits per heavy atom. The molecule has 0 radical (unpaired) electrons. The summed E-state index contributed by atoms with van der Waals surface area (Å²) in [5, 5.41) is 6.78. The molecule has 4 aromatic rings. The Labute approximate surface area is 154 Å². The van der Waals surface area contributed by atoms with E-state index in [1.807, 2.05) is 0 Å². The van der Waals surface area contributed by atoms with Crippen LogP contribution in [0.5, 0.6) is 0 Å². The van der Waals surface area contributed by atoms with Gasteiger partial charge in [-0.25, -0.2) is 18.3 Å². The van der Waals surface area contributed by atoms with Crippen molar-refractivity contribution >= 4 is 22.5 Å². The molecular formula is C17H13F5N6. The number of nitrogens with one attached hydrogen (secondary N) is 2. The first-order chi connectivity index (χ1) is 13.3. The summed E-state index contributed by atoms with van der Waals surface area (Å²) in [5.74, 6) is -0.149. The fourth-order valence-corrected chi connectivity index (χ4v) is 2.93. The molecule has 28 heavy (non-hydrogen) atoms. The maximum Gasteiger partial charge on any atom is 0.405 e. The number of hydrogen-bond donors (Lipinski definition) is 2. The zero-order chi connectivity index (χ0) is 19.9. The number of aromatic amines is 1. The predicted octanol–water partition coefficient (Wildman–Crippen LogP) is 4.05. The van der Waals surface area contributed by atoms with Gasteiger partial charge in [-0.1, -0.05) is 0 Å². The van der Waals surface area contributed by atoms with Crippen LogP contribution in [0.25, 0.3) is 27.7 Å². The molecule has 6 nitrogen and oxygen atoms in total. The number of hydrogen-bond acceptors (Lipinski definition) is 4. The van der Waals surface area contributed by atoms with Gasteiger partial charge in [0.15, 0.2) is 0 Å². The lowest BCUT2D eigenvalue weighted by Crippen LogP contribution is -2.22. The van der Waals surface area contributed by atoms with Crippen molar-refractivity contribution in [1.82, 2.24) is 24.6 Å². The quantitative estimate of drug-likeness (QED) is 0.499. The molecule has 0 bridgehead atoms. The van der Waals surface area contributed by atoms with E-state index in [0.717, 1.165) is 5.56 Å². The molecule has 0 saturated heterocycles. The molecule has 11 heteroatoms. The first-order valence-corrected chi connectivity index (χ1v) is 8.20. The highest BCUT2D eigenvalue weighted by Crippen LogP contribution is 2.29. The van der Waals surface area contributed by atoms with Gasteiger partial charge in [-0.2, -0.15) is 23.3 Å². The predicted molar refractivity (Wildman–Crippen MR) is 92.3 cm³/mol. The van der Waals surface area contributed by atoms with Gasteiger partial charge in [-0.3, -0.25) is 0 Å². The van der Waals surface area contributed by atoms with Gasteiger partial charge in [0.2, 0.25) is 12.4 Å². The van der Waals surface area contributed by atoms with Crippen LogP contribution in [0, 0.1) is 0 Å². The molecule has 2 N–H and O–H groups in total. The highest BCUT2D eigenvalue weighted by atomic mass is 19.4. The number of H-pyrrole nitrogens is 1. The SMILES string of the molecule is FC(F)Cc1cnn2ccc(-c3c[nH]c4nc(NCC(F)(F)F)ncc34)cc12. The maximum absolute atomic E-state index is 12.7. The van der Waals surface area contributed by atoms with Gasteiger partial charge in [0.25, 0.3) is 0 Å². The van der Waals surface area contributed by atoms with E-state index < -0.39 is 25.6 Å². The molecule has 0 aliphatic carbocycles. The van der Waals surface area contributed by atoms with Crippen LogP contribution in [0.4, 0.5) is 27.9 Å². The van der Waals surface area contributed by atoms with Gasteiger partial charge in [-0.15, -0.1) is 0 Å². The van der Waals surface area contributed by atoms with E-state index >= 15 is 0 Å². The van der Waals surface area contributed by atoms with E-state index in [-0.39, 0.29) is 5.95 Å². The molecule has 4 heterocycles. The minimum absolute atomic E-state index is 0.149. The van der Waals surface area contributed by atoms with Gasteiger partial charge < -0.3 is 10.3 Å². The number of halogens is 5. The summed E-state index contributed by atoms with van der Waals surface area (Å²) in [6.45, 7) is -1.24. The molecule has 0 amide bonds. The summed E-state index contributed by atoms with van der Waals surface area (Å²) in [6.07, 6.45) is -1.16. The zero-order valence-electron chi connectivity index (χ0n) is 14.1. The number of rotatable bonds is 5. The monoisotopic (exact) mass is 396 g/mol. The Balaban J connectivity index is 1.69. The standard InChI is InChI=1S/C17H13F5N6/c18-14(19)4-10-5-26-28-2-1-9(3-13(10)28)11-6-23-15-12(11)7-24-16(27-15)25-8-17(20,21)22/h1-3,5-7,14H,4,8H2,(H2,23,24,25,27). The van der Waals surface area contributed by atoms with Gasteiger partial charge in [0, 0.05) is 41.5 Å². The van der Waals surface area contributed by atoms with Crippen LogP contribution in [0.2, 0.25) is 0 Å². The maximum atomic E-state index is 12.7. The van der Waals surface area contributed by atoms with Crippen LogP contribution in [-0.2, 0) is 6.42 Å². The summed E-state index contributed by atoms with van der Waals surface area (Å²) in [5.41, 5.74) is 2.75. The van der Waals surface area contributed by atoms with Crippen molar-refractivity contribution in [1.29, 1.82) is 0 Å². The number of fused-ring (bicyclic) bond motifs is 2. The molecule has 0 unspecified atom stereocenters.